The van der Waals surface area contributed by atoms with Crippen LogP contribution in [0.5, 0.6) is 0 Å². The summed E-state index contributed by atoms with van der Waals surface area (Å²) < 4.78 is 3.18. The van der Waals surface area contributed by atoms with Gasteiger partial charge in [0.05, 0.1) is 23.0 Å². The molecule has 2 aromatic heterocycles. The maximum Gasteiger partial charge on any atom is 0.115 e. The Bertz CT molecular complexity index is 638. The van der Waals surface area contributed by atoms with Gasteiger partial charge >= 0.3 is 0 Å². The molecule has 1 N–H and O–H groups in total. The smallest absolute Gasteiger partial charge is 0.115 e. The van der Waals surface area contributed by atoms with Gasteiger partial charge in [0.15, 0.2) is 0 Å². The van der Waals surface area contributed by atoms with Crippen LogP contribution < -0.4 is 5.32 Å². The zero-order chi connectivity index (χ0) is 13.1. The molecule has 0 atom stereocenters. The molecule has 2 heterocycles. The lowest BCUT2D eigenvalue weighted by atomic mass is 10.3. The third-order valence-corrected chi connectivity index (χ3v) is 3.92. The summed E-state index contributed by atoms with van der Waals surface area (Å²) in [5.74, 6) is 0. The van der Waals surface area contributed by atoms with Crippen LogP contribution in [0.2, 0.25) is 0 Å². The standard InChI is InChI=1S/C14H16N4S/c1-2-15-7-11-8-16-18(9-11)10-14-17-12-5-3-4-6-13(12)19-14/h3-6,8-9,15H,2,7,10H2,1H3. The number of hydrogen-bond acceptors (Lipinski definition) is 4. The van der Waals surface area contributed by atoms with Crippen molar-refractivity contribution in [1.82, 2.24) is 20.1 Å². The van der Waals surface area contributed by atoms with E-state index in [1.165, 1.54) is 10.3 Å². The molecule has 0 fully saturated rings. The molecule has 3 rings (SSSR count). The second kappa shape index (κ2) is 5.50. The van der Waals surface area contributed by atoms with Crippen LogP contribution in [0.25, 0.3) is 10.2 Å². The van der Waals surface area contributed by atoms with E-state index >= 15 is 0 Å². The van der Waals surface area contributed by atoms with Crippen LogP contribution in [-0.4, -0.2) is 21.3 Å². The summed E-state index contributed by atoms with van der Waals surface area (Å²) >= 11 is 1.73. The Balaban J connectivity index is 1.75. The second-order valence-corrected chi connectivity index (χ2v) is 5.52. The predicted octanol–water partition coefficient (Wildman–Crippen LogP) is 2.65. The van der Waals surface area contributed by atoms with Crippen molar-refractivity contribution < 1.29 is 0 Å². The fraction of sp³-hybridized carbons (Fsp3) is 0.286. The molecular formula is C14H16N4S. The van der Waals surface area contributed by atoms with Gasteiger partial charge in [0.1, 0.15) is 5.01 Å². The summed E-state index contributed by atoms with van der Waals surface area (Å²) in [6, 6.07) is 8.23. The lowest BCUT2D eigenvalue weighted by Gasteiger charge is -1.97. The SMILES string of the molecule is CCNCc1cnn(Cc2nc3ccccc3s2)c1. The van der Waals surface area contributed by atoms with E-state index in [0.717, 1.165) is 30.2 Å². The van der Waals surface area contributed by atoms with E-state index in [1.807, 2.05) is 23.0 Å². The fourth-order valence-corrected chi connectivity index (χ4v) is 2.94. The predicted molar refractivity (Wildman–Crippen MR) is 78.3 cm³/mol. The van der Waals surface area contributed by atoms with Crippen molar-refractivity contribution >= 4 is 21.6 Å². The number of hydrogen-bond donors (Lipinski definition) is 1. The van der Waals surface area contributed by atoms with Crippen molar-refractivity contribution in [3.63, 3.8) is 0 Å². The Morgan fingerprint density at radius 3 is 3.05 bits per heavy atom. The van der Waals surface area contributed by atoms with E-state index in [1.54, 1.807) is 11.3 Å². The quantitative estimate of drug-likeness (QED) is 0.776. The molecule has 3 aromatic rings. The maximum absolute atomic E-state index is 4.62. The lowest BCUT2D eigenvalue weighted by Crippen LogP contribution is -2.11. The normalized spacial score (nSPS) is 11.2. The minimum atomic E-state index is 0.742. The first-order chi connectivity index (χ1) is 9.35. The van der Waals surface area contributed by atoms with Crippen molar-refractivity contribution in [2.75, 3.05) is 6.54 Å². The fourth-order valence-electron chi connectivity index (χ4n) is 1.98. The van der Waals surface area contributed by atoms with E-state index in [-0.39, 0.29) is 0 Å². The zero-order valence-corrected chi connectivity index (χ0v) is 11.7. The van der Waals surface area contributed by atoms with Gasteiger partial charge in [-0.3, -0.25) is 4.68 Å². The number of nitrogens with one attached hydrogen (secondary N) is 1. The average molecular weight is 272 g/mol. The van der Waals surface area contributed by atoms with Crippen molar-refractivity contribution in [3.8, 4) is 0 Å². The van der Waals surface area contributed by atoms with Gasteiger partial charge < -0.3 is 5.32 Å². The van der Waals surface area contributed by atoms with Crippen LogP contribution >= 0.6 is 11.3 Å². The van der Waals surface area contributed by atoms with Gasteiger partial charge in [0.2, 0.25) is 0 Å². The van der Waals surface area contributed by atoms with Crippen LogP contribution in [0.3, 0.4) is 0 Å². The molecule has 1 aromatic carbocycles. The second-order valence-electron chi connectivity index (χ2n) is 4.40. The Hall–Kier alpha value is -1.72. The summed E-state index contributed by atoms with van der Waals surface area (Å²) in [7, 11) is 0. The van der Waals surface area contributed by atoms with Crippen LogP contribution in [0, 0.1) is 0 Å². The van der Waals surface area contributed by atoms with E-state index in [4.69, 9.17) is 0 Å². The lowest BCUT2D eigenvalue weighted by molar-refractivity contribution is 0.680. The highest BCUT2D eigenvalue weighted by atomic mass is 32.1. The number of nitrogens with zero attached hydrogens (tertiary/aromatic N) is 3. The molecule has 0 bridgehead atoms. The summed E-state index contributed by atoms with van der Waals surface area (Å²) in [5, 5.41) is 8.77. The number of aromatic nitrogens is 3. The first kappa shape index (κ1) is 12.3. The van der Waals surface area contributed by atoms with Crippen LogP contribution in [0.15, 0.2) is 36.7 Å². The highest BCUT2D eigenvalue weighted by molar-refractivity contribution is 7.18. The van der Waals surface area contributed by atoms with Gasteiger partial charge in [0, 0.05) is 18.3 Å². The van der Waals surface area contributed by atoms with Crippen molar-refractivity contribution in [1.29, 1.82) is 0 Å². The van der Waals surface area contributed by atoms with Crippen molar-refractivity contribution in [3.05, 3.63) is 47.2 Å². The molecule has 0 saturated carbocycles. The van der Waals surface area contributed by atoms with E-state index in [9.17, 15) is 0 Å². The third kappa shape index (κ3) is 2.83. The zero-order valence-electron chi connectivity index (χ0n) is 10.8. The molecule has 98 valence electrons. The van der Waals surface area contributed by atoms with E-state index in [2.05, 4.69) is 40.7 Å². The molecule has 0 amide bonds. The molecular weight excluding hydrogens is 256 g/mol. The summed E-state index contributed by atoms with van der Waals surface area (Å²) in [6.07, 6.45) is 3.99. The number of thiazole rings is 1. The Morgan fingerprint density at radius 1 is 1.32 bits per heavy atom. The van der Waals surface area contributed by atoms with Crippen molar-refractivity contribution in [2.45, 2.75) is 20.0 Å². The molecule has 0 spiro atoms. The van der Waals surface area contributed by atoms with Gasteiger partial charge in [-0.2, -0.15) is 5.10 Å². The third-order valence-electron chi connectivity index (χ3n) is 2.90. The van der Waals surface area contributed by atoms with E-state index < -0.39 is 0 Å². The van der Waals surface area contributed by atoms with E-state index in [0.29, 0.717) is 0 Å². The topological polar surface area (TPSA) is 42.7 Å². The average Bonchev–Trinajstić information content (AvgIpc) is 3.02. The van der Waals surface area contributed by atoms with Crippen LogP contribution in [0.4, 0.5) is 0 Å². The summed E-state index contributed by atoms with van der Waals surface area (Å²) in [4.78, 5) is 4.62. The first-order valence-corrected chi connectivity index (χ1v) is 7.23. The molecule has 0 unspecified atom stereocenters. The Kier molecular flexibility index (Phi) is 3.57. The first-order valence-electron chi connectivity index (χ1n) is 6.41. The van der Waals surface area contributed by atoms with Crippen LogP contribution in [-0.2, 0) is 13.1 Å². The highest BCUT2D eigenvalue weighted by Crippen LogP contribution is 2.22. The molecule has 0 aliphatic rings. The molecule has 0 aliphatic heterocycles. The van der Waals surface area contributed by atoms with Gasteiger partial charge in [-0.25, -0.2) is 4.98 Å². The number of benzene rings is 1. The maximum atomic E-state index is 4.62. The molecule has 0 saturated heterocycles. The van der Waals surface area contributed by atoms with Gasteiger partial charge in [-0.05, 0) is 18.7 Å². The Morgan fingerprint density at radius 2 is 2.21 bits per heavy atom. The minimum Gasteiger partial charge on any atom is -0.313 e. The van der Waals surface area contributed by atoms with Gasteiger partial charge in [-0.15, -0.1) is 11.3 Å². The Labute approximate surface area is 116 Å². The highest BCUT2D eigenvalue weighted by Gasteiger charge is 2.05. The molecule has 0 aliphatic carbocycles. The molecule has 5 heteroatoms. The van der Waals surface area contributed by atoms with Gasteiger partial charge in [0.25, 0.3) is 0 Å². The monoisotopic (exact) mass is 272 g/mol. The van der Waals surface area contributed by atoms with Crippen molar-refractivity contribution in [2.24, 2.45) is 0 Å². The van der Waals surface area contributed by atoms with Crippen LogP contribution in [0.1, 0.15) is 17.5 Å². The minimum absolute atomic E-state index is 0.742. The molecule has 19 heavy (non-hydrogen) atoms. The number of rotatable bonds is 5. The summed E-state index contributed by atoms with van der Waals surface area (Å²) in [6.45, 7) is 4.69. The largest absolute Gasteiger partial charge is 0.313 e. The number of fused-ring (bicyclic) bond motifs is 1. The molecule has 0 radical (unpaired) electrons. The number of para-hydroxylation sites is 1. The van der Waals surface area contributed by atoms with Gasteiger partial charge in [-0.1, -0.05) is 19.1 Å². The molecule has 4 nitrogen and oxygen atoms in total. The summed E-state index contributed by atoms with van der Waals surface area (Å²) in [5.41, 5.74) is 2.28.